The Bertz CT molecular complexity index is 729. The molecule has 0 aromatic carbocycles. The van der Waals surface area contributed by atoms with Crippen LogP contribution < -0.4 is 10.1 Å². The van der Waals surface area contributed by atoms with Crippen molar-refractivity contribution in [1.29, 1.82) is 0 Å². The first-order valence-electron chi connectivity index (χ1n) is 9.96. The van der Waals surface area contributed by atoms with Crippen LogP contribution in [0.5, 0.6) is 5.88 Å². The zero-order valence-corrected chi connectivity index (χ0v) is 16.5. The predicted molar refractivity (Wildman–Crippen MR) is 100 cm³/mol. The smallest absolute Gasteiger partial charge is 0.318 e. The molecular formula is C20H28F2N4O2. The van der Waals surface area contributed by atoms with Crippen LogP contribution in [-0.4, -0.2) is 66.1 Å². The van der Waals surface area contributed by atoms with Crippen LogP contribution in [0.3, 0.4) is 0 Å². The number of rotatable bonds is 6. The second-order valence-electron chi connectivity index (χ2n) is 8.67. The lowest BCUT2D eigenvalue weighted by Crippen LogP contribution is -2.51. The first-order valence-corrected chi connectivity index (χ1v) is 9.96. The number of carbonyl (C=O) groups excluding carboxylic acids is 1. The van der Waals surface area contributed by atoms with Gasteiger partial charge < -0.3 is 19.9 Å². The van der Waals surface area contributed by atoms with Gasteiger partial charge in [-0.2, -0.15) is 0 Å². The van der Waals surface area contributed by atoms with E-state index in [1.807, 2.05) is 36.0 Å². The van der Waals surface area contributed by atoms with Crippen LogP contribution in [0.4, 0.5) is 13.6 Å². The predicted octanol–water partition coefficient (Wildman–Crippen LogP) is 2.88. The summed E-state index contributed by atoms with van der Waals surface area (Å²) < 4.78 is 33.2. The molecule has 3 aliphatic rings. The van der Waals surface area contributed by atoms with Gasteiger partial charge in [0.25, 0.3) is 5.92 Å². The number of likely N-dealkylation sites (N-methyl/N-ethyl adjacent to an activating group) is 1. The fourth-order valence-corrected chi connectivity index (χ4v) is 4.74. The van der Waals surface area contributed by atoms with Gasteiger partial charge >= 0.3 is 6.03 Å². The van der Waals surface area contributed by atoms with Crippen molar-refractivity contribution in [2.24, 2.45) is 5.41 Å². The Labute approximate surface area is 164 Å². The molecule has 154 valence electrons. The summed E-state index contributed by atoms with van der Waals surface area (Å²) in [5.41, 5.74) is 0.0669. The first kappa shape index (κ1) is 19.4. The summed E-state index contributed by atoms with van der Waals surface area (Å²) in [6.45, 7) is 1.70. The number of aromatic nitrogens is 1. The van der Waals surface area contributed by atoms with Gasteiger partial charge in [-0.25, -0.2) is 18.6 Å². The Kier molecular flexibility index (Phi) is 4.93. The van der Waals surface area contributed by atoms with E-state index in [-0.39, 0.29) is 24.5 Å². The number of nitrogens with zero attached hydrogens (tertiary/aromatic N) is 3. The number of carbonyl (C=O) groups is 1. The monoisotopic (exact) mass is 394 g/mol. The highest BCUT2D eigenvalue weighted by Gasteiger charge is 2.74. The largest absolute Gasteiger partial charge is 0.476 e. The van der Waals surface area contributed by atoms with Crippen LogP contribution in [0.1, 0.15) is 37.7 Å². The summed E-state index contributed by atoms with van der Waals surface area (Å²) in [6.07, 6.45) is 4.18. The number of urea groups is 1. The Hall–Kier alpha value is -1.96. The Balaban J connectivity index is 1.31. The van der Waals surface area contributed by atoms with Crippen molar-refractivity contribution < 1.29 is 18.3 Å². The molecule has 2 amide bonds. The minimum Gasteiger partial charge on any atom is -0.476 e. The van der Waals surface area contributed by atoms with Gasteiger partial charge in [-0.15, -0.1) is 0 Å². The molecule has 2 unspecified atom stereocenters. The van der Waals surface area contributed by atoms with Crippen molar-refractivity contribution >= 4 is 6.03 Å². The summed E-state index contributed by atoms with van der Waals surface area (Å²) in [7, 11) is 3.95. The lowest BCUT2D eigenvalue weighted by molar-refractivity contribution is 0.0169. The zero-order chi connectivity index (χ0) is 19.9. The molecule has 4 rings (SSSR count). The molecular weight excluding hydrogens is 366 g/mol. The molecule has 2 atom stereocenters. The molecule has 1 aromatic heterocycles. The summed E-state index contributed by atoms with van der Waals surface area (Å²) in [5, 5.41) is 2.95. The van der Waals surface area contributed by atoms with Crippen molar-refractivity contribution in [1.82, 2.24) is 20.1 Å². The third-order valence-corrected chi connectivity index (χ3v) is 6.35. The van der Waals surface area contributed by atoms with E-state index in [9.17, 15) is 13.6 Å². The number of alkyl halides is 2. The molecule has 1 N–H and O–H groups in total. The van der Waals surface area contributed by atoms with Gasteiger partial charge in [0, 0.05) is 49.3 Å². The van der Waals surface area contributed by atoms with E-state index in [4.69, 9.17) is 4.74 Å². The molecule has 1 aliphatic carbocycles. The molecule has 3 fully saturated rings. The normalized spacial score (nSPS) is 30.0. The number of hydrogen-bond donors (Lipinski definition) is 1. The fraction of sp³-hybridized carbons (Fsp3) is 0.700. The van der Waals surface area contributed by atoms with Crippen LogP contribution in [0.15, 0.2) is 18.3 Å². The lowest BCUT2D eigenvalue weighted by Gasteiger charge is -2.39. The molecule has 8 heteroatoms. The SMILES string of the molecule is CN(C)CCOc1cc(CNC(=O)N2C3CCC2CC2(C3)CC2(F)F)ccn1. The molecule has 2 aliphatic heterocycles. The third kappa shape index (κ3) is 3.66. The molecule has 6 nitrogen and oxygen atoms in total. The second-order valence-corrected chi connectivity index (χ2v) is 8.67. The number of nitrogens with one attached hydrogen (secondary N) is 1. The lowest BCUT2D eigenvalue weighted by atomic mass is 9.87. The number of hydrogen-bond acceptors (Lipinski definition) is 4. The van der Waals surface area contributed by atoms with Crippen molar-refractivity contribution in [2.45, 2.75) is 56.7 Å². The van der Waals surface area contributed by atoms with Gasteiger partial charge in [0.2, 0.25) is 5.88 Å². The molecule has 2 bridgehead atoms. The summed E-state index contributed by atoms with van der Waals surface area (Å²) >= 11 is 0. The van der Waals surface area contributed by atoms with Crippen molar-refractivity contribution in [3.05, 3.63) is 23.9 Å². The topological polar surface area (TPSA) is 57.7 Å². The number of piperidine rings is 1. The minimum absolute atomic E-state index is 0.00390. The number of amides is 2. The van der Waals surface area contributed by atoms with E-state index >= 15 is 0 Å². The highest BCUT2D eigenvalue weighted by molar-refractivity contribution is 5.75. The average Bonchev–Trinajstić information content (AvgIpc) is 3.02. The van der Waals surface area contributed by atoms with E-state index in [0.29, 0.717) is 31.9 Å². The average molecular weight is 394 g/mol. The van der Waals surface area contributed by atoms with E-state index in [1.165, 1.54) is 0 Å². The van der Waals surface area contributed by atoms with Crippen LogP contribution in [0, 0.1) is 5.41 Å². The molecule has 1 spiro atoms. The van der Waals surface area contributed by atoms with Crippen molar-refractivity contribution in [2.75, 3.05) is 27.2 Å². The van der Waals surface area contributed by atoms with Gasteiger partial charge in [-0.3, -0.25) is 0 Å². The molecule has 2 saturated heterocycles. The highest BCUT2D eigenvalue weighted by atomic mass is 19.3. The molecule has 0 radical (unpaired) electrons. The van der Waals surface area contributed by atoms with Crippen molar-refractivity contribution in [3.8, 4) is 5.88 Å². The van der Waals surface area contributed by atoms with Gasteiger partial charge in [0.15, 0.2) is 0 Å². The van der Waals surface area contributed by atoms with Gasteiger partial charge in [-0.05, 0) is 51.4 Å². The Morgan fingerprint density at radius 3 is 2.64 bits per heavy atom. The standard InChI is InChI=1S/C20H28F2N4O2/c1-25(2)7-8-28-17-9-14(5-6-23-17)12-24-18(27)26-15-3-4-16(26)11-19(10-15)13-20(19,21)22/h5-6,9,15-16H,3-4,7-8,10-13H2,1-2H3,(H,24,27). The van der Waals surface area contributed by atoms with Gasteiger partial charge in [-0.1, -0.05) is 0 Å². The maximum atomic E-state index is 13.8. The van der Waals surface area contributed by atoms with Crippen LogP contribution in [0.2, 0.25) is 0 Å². The van der Waals surface area contributed by atoms with Gasteiger partial charge in [0.1, 0.15) is 6.61 Å². The zero-order valence-electron chi connectivity index (χ0n) is 16.5. The van der Waals surface area contributed by atoms with E-state index in [2.05, 4.69) is 10.3 Å². The Morgan fingerprint density at radius 1 is 1.36 bits per heavy atom. The van der Waals surface area contributed by atoms with Crippen LogP contribution >= 0.6 is 0 Å². The van der Waals surface area contributed by atoms with E-state index < -0.39 is 11.3 Å². The number of ether oxygens (including phenoxy) is 1. The molecule has 28 heavy (non-hydrogen) atoms. The van der Waals surface area contributed by atoms with Crippen LogP contribution in [-0.2, 0) is 6.54 Å². The maximum absolute atomic E-state index is 13.8. The highest BCUT2D eigenvalue weighted by Crippen LogP contribution is 2.69. The minimum atomic E-state index is -2.53. The van der Waals surface area contributed by atoms with E-state index in [1.54, 1.807) is 6.20 Å². The van der Waals surface area contributed by atoms with Gasteiger partial charge in [0.05, 0.1) is 0 Å². The quantitative estimate of drug-likeness (QED) is 0.806. The fourth-order valence-electron chi connectivity index (χ4n) is 4.74. The Morgan fingerprint density at radius 2 is 2.04 bits per heavy atom. The summed E-state index contributed by atoms with van der Waals surface area (Å²) in [4.78, 5) is 20.8. The van der Waals surface area contributed by atoms with Crippen molar-refractivity contribution in [3.63, 3.8) is 0 Å². The number of halogens is 2. The molecule has 1 aromatic rings. The maximum Gasteiger partial charge on any atom is 0.318 e. The second kappa shape index (κ2) is 7.13. The van der Waals surface area contributed by atoms with E-state index in [0.717, 1.165) is 24.9 Å². The summed E-state index contributed by atoms with van der Waals surface area (Å²) in [5.74, 6) is -2.00. The molecule has 1 saturated carbocycles. The third-order valence-electron chi connectivity index (χ3n) is 6.35. The van der Waals surface area contributed by atoms with Crippen LogP contribution in [0.25, 0.3) is 0 Å². The molecule has 3 heterocycles. The summed E-state index contributed by atoms with van der Waals surface area (Å²) in [6, 6.07) is 3.38. The first-order chi connectivity index (χ1) is 13.3. The number of fused-ring (bicyclic) bond motifs is 2. The number of pyridine rings is 1.